The summed E-state index contributed by atoms with van der Waals surface area (Å²) < 4.78 is 54.1. The van der Waals surface area contributed by atoms with Crippen LogP contribution in [0.15, 0.2) is 42.5 Å². The summed E-state index contributed by atoms with van der Waals surface area (Å²) >= 11 is 0. The van der Waals surface area contributed by atoms with Gasteiger partial charge in [-0.15, -0.1) is 0 Å². The number of nitrogens with one attached hydrogen (secondary N) is 1. The minimum atomic E-state index is -4.58. The average molecular weight is 411 g/mol. The number of alkyl halides is 3. The molecule has 2 aromatic carbocycles. The van der Waals surface area contributed by atoms with Gasteiger partial charge in [0.2, 0.25) is 0 Å². The van der Waals surface area contributed by atoms with E-state index in [2.05, 4.69) is 5.32 Å². The third-order valence-electron chi connectivity index (χ3n) is 3.70. The molecule has 0 atom stereocenters. The van der Waals surface area contributed by atoms with Gasteiger partial charge in [0, 0.05) is 0 Å². The van der Waals surface area contributed by atoms with Gasteiger partial charge in [-0.05, 0) is 48.9 Å². The van der Waals surface area contributed by atoms with Gasteiger partial charge >= 0.3 is 12.1 Å². The van der Waals surface area contributed by atoms with Crippen LogP contribution in [0.5, 0.6) is 11.5 Å². The highest BCUT2D eigenvalue weighted by Crippen LogP contribution is 2.35. The van der Waals surface area contributed by atoms with Gasteiger partial charge in [0.05, 0.1) is 30.5 Å². The second-order valence-corrected chi connectivity index (χ2v) is 5.91. The molecule has 0 aromatic heterocycles. The van der Waals surface area contributed by atoms with Crippen LogP contribution in [0.1, 0.15) is 29.3 Å². The Kier molecular flexibility index (Phi) is 7.46. The first-order chi connectivity index (χ1) is 13.7. The van der Waals surface area contributed by atoms with E-state index in [9.17, 15) is 22.8 Å². The van der Waals surface area contributed by atoms with Crippen LogP contribution < -0.4 is 14.8 Å². The van der Waals surface area contributed by atoms with Gasteiger partial charge in [0.15, 0.2) is 6.61 Å². The van der Waals surface area contributed by atoms with Crippen molar-refractivity contribution in [3.63, 3.8) is 0 Å². The fourth-order valence-electron chi connectivity index (χ4n) is 2.27. The number of benzene rings is 2. The molecule has 0 fully saturated rings. The number of anilines is 1. The van der Waals surface area contributed by atoms with Crippen LogP contribution >= 0.6 is 0 Å². The molecular formula is C20H20F3NO5. The number of halogens is 3. The van der Waals surface area contributed by atoms with E-state index in [4.69, 9.17) is 14.2 Å². The maximum absolute atomic E-state index is 13.0. The van der Waals surface area contributed by atoms with E-state index in [1.165, 1.54) is 19.2 Å². The highest BCUT2D eigenvalue weighted by atomic mass is 19.4. The number of carbonyl (C=O) groups is 2. The van der Waals surface area contributed by atoms with Crippen molar-refractivity contribution >= 4 is 17.6 Å². The summed E-state index contributed by atoms with van der Waals surface area (Å²) in [7, 11) is 1.48. The second-order valence-electron chi connectivity index (χ2n) is 5.91. The van der Waals surface area contributed by atoms with E-state index in [-0.39, 0.29) is 23.6 Å². The van der Waals surface area contributed by atoms with Crippen molar-refractivity contribution in [1.29, 1.82) is 0 Å². The lowest BCUT2D eigenvalue weighted by molar-refractivity contribution is -0.137. The lowest BCUT2D eigenvalue weighted by Gasteiger charge is -2.15. The molecule has 0 bridgehead atoms. The van der Waals surface area contributed by atoms with E-state index in [0.717, 1.165) is 18.2 Å². The third kappa shape index (κ3) is 6.41. The van der Waals surface area contributed by atoms with Crippen LogP contribution in [0.25, 0.3) is 0 Å². The van der Waals surface area contributed by atoms with Gasteiger partial charge in [-0.25, -0.2) is 4.79 Å². The van der Waals surface area contributed by atoms with Crippen molar-refractivity contribution < 1.29 is 37.0 Å². The Balaban J connectivity index is 2.04. The average Bonchev–Trinajstić information content (AvgIpc) is 2.70. The van der Waals surface area contributed by atoms with Gasteiger partial charge in [0.1, 0.15) is 11.5 Å². The van der Waals surface area contributed by atoms with Crippen molar-refractivity contribution in [2.75, 3.05) is 25.6 Å². The van der Waals surface area contributed by atoms with Gasteiger partial charge in [-0.3, -0.25) is 4.79 Å². The fourth-order valence-corrected chi connectivity index (χ4v) is 2.27. The van der Waals surface area contributed by atoms with Gasteiger partial charge in [-0.2, -0.15) is 13.2 Å². The molecule has 0 saturated carbocycles. The van der Waals surface area contributed by atoms with E-state index < -0.39 is 30.2 Å². The van der Waals surface area contributed by atoms with Gasteiger partial charge in [-0.1, -0.05) is 6.92 Å². The lowest BCUT2D eigenvalue weighted by Crippen LogP contribution is -2.21. The number of methoxy groups -OCH3 is 1. The molecule has 29 heavy (non-hydrogen) atoms. The number of hydrogen-bond donors (Lipinski definition) is 1. The predicted octanol–water partition coefficient (Wildman–Crippen LogP) is 4.30. The molecule has 0 aliphatic carbocycles. The van der Waals surface area contributed by atoms with E-state index in [0.29, 0.717) is 12.2 Å². The van der Waals surface area contributed by atoms with Crippen LogP contribution in [0, 0.1) is 0 Å². The summed E-state index contributed by atoms with van der Waals surface area (Å²) in [5.74, 6) is -0.917. The molecule has 0 heterocycles. The quantitative estimate of drug-likeness (QED) is 0.656. The summed E-state index contributed by atoms with van der Waals surface area (Å²) in [4.78, 5) is 24.1. The van der Waals surface area contributed by atoms with Crippen LogP contribution in [0.3, 0.4) is 0 Å². The topological polar surface area (TPSA) is 73.9 Å². The molecule has 9 heteroatoms. The van der Waals surface area contributed by atoms with Gasteiger partial charge in [0.25, 0.3) is 5.91 Å². The molecule has 1 N–H and O–H groups in total. The number of rotatable bonds is 8. The Morgan fingerprint density at radius 3 is 2.34 bits per heavy atom. The second kappa shape index (κ2) is 9.81. The van der Waals surface area contributed by atoms with Crippen LogP contribution in [0.2, 0.25) is 0 Å². The molecule has 0 spiro atoms. The van der Waals surface area contributed by atoms with Crippen LogP contribution in [-0.4, -0.2) is 32.2 Å². The van der Waals surface area contributed by atoms with Crippen molar-refractivity contribution in [1.82, 2.24) is 0 Å². The predicted molar refractivity (Wildman–Crippen MR) is 99.1 cm³/mol. The summed E-state index contributed by atoms with van der Waals surface area (Å²) in [6.07, 6.45) is -3.95. The SMILES string of the molecule is CCCOc1ccc(C(F)(F)F)cc1NC(=O)COC(=O)c1ccc(OC)cc1. The molecule has 6 nitrogen and oxygen atoms in total. The van der Waals surface area contributed by atoms with E-state index in [1.807, 2.05) is 6.92 Å². The highest BCUT2D eigenvalue weighted by molar-refractivity contribution is 5.96. The van der Waals surface area contributed by atoms with Crippen molar-refractivity contribution in [2.45, 2.75) is 19.5 Å². The molecule has 1 amide bonds. The third-order valence-corrected chi connectivity index (χ3v) is 3.70. The zero-order valence-corrected chi connectivity index (χ0v) is 15.8. The molecular weight excluding hydrogens is 391 g/mol. The molecule has 156 valence electrons. The van der Waals surface area contributed by atoms with Crippen LogP contribution in [0.4, 0.5) is 18.9 Å². The Morgan fingerprint density at radius 2 is 1.76 bits per heavy atom. The minimum Gasteiger partial charge on any atom is -0.497 e. The Bertz CT molecular complexity index is 850. The molecule has 0 saturated heterocycles. The monoisotopic (exact) mass is 411 g/mol. The van der Waals surface area contributed by atoms with Gasteiger partial charge < -0.3 is 19.5 Å². The maximum atomic E-state index is 13.0. The largest absolute Gasteiger partial charge is 0.497 e. The molecule has 2 rings (SSSR count). The number of carbonyl (C=O) groups excluding carboxylic acids is 2. The zero-order chi connectivity index (χ0) is 21.4. The number of hydrogen-bond acceptors (Lipinski definition) is 5. The van der Waals surface area contributed by atoms with Crippen molar-refractivity contribution in [3.8, 4) is 11.5 Å². The molecule has 2 aromatic rings. The zero-order valence-electron chi connectivity index (χ0n) is 15.8. The first kappa shape index (κ1) is 22.1. The minimum absolute atomic E-state index is 0.0923. The summed E-state index contributed by atoms with van der Waals surface area (Å²) in [6, 6.07) is 8.80. The number of esters is 1. The standard InChI is InChI=1S/C20H20F3NO5/c1-3-10-28-17-9-6-14(20(21,22)23)11-16(17)24-18(25)12-29-19(26)13-4-7-15(27-2)8-5-13/h4-9,11H,3,10,12H2,1-2H3,(H,24,25). The Morgan fingerprint density at radius 1 is 1.07 bits per heavy atom. The summed E-state index contributed by atoms with van der Waals surface area (Å²) in [5, 5.41) is 2.30. The Hall–Kier alpha value is -3.23. The Labute approximate surface area is 165 Å². The smallest absolute Gasteiger partial charge is 0.416 e. The molecule has 0 aliphatic heterocycles. The first-order valence-electron chi connectivity index (χ1n) is 8.69. The summed E-state index contributed by atoms with van der Waals surface area (Å²) in [6.45, 7) is 1.43. The number of amides is 1. The number of ether oxygens (including phenoxy) is 3. The molecule has 0 radical (unpaired) electrons. The molecule has 0 aliphatic rings. The van der Waals surface area contributed by atoms with E-state index >= 15 is 0 Å². The van der Waals surface area contributed by atoms with Crippen molar-refractivity contribution in [3.05, 3.63) is 53.6 Å². The normalized spacial score (nSPS) is 10.9. The van der Waals surface area contributed by atoms with Crippen LogP contribution in [-0.2, 0) is 15.7 Å². The fraction of sp³-hybridized carbons (Fsp3) is 0.300. The first-order valence-corrected chi connectivity index (χ1v) is 8.69. The highest BCUT2D eigenvalue weighted by Gasteiger charge is 2.31. The maximum Gasteiger partial charge on any atom is 0.416 e. The lowest BCUT2D eigenvalue weighted by atomic mass is 10.1. The summed E-state index contributed by atoms with van der Waals surface area (Å²) in [5.41, 5.74) is -0.893. The molecule has 0 unspecified atom stereocenters. The van der Waals surface area contributed by atoms with Crippen molar-refractivity contribution in [2.24, 2.45) is 0 Å². The van der Waals surface area contributed by atoms with E-state index in [1.54, 1.807) is 12.1 Å².